The Balaban J connectivity index is 1.74. The van der Waals surface area contributed by atoms with Gasteiger partial charge in [0.2, 0.25) is 0 Å². The molecule has 1 aliphatic rings. The molecule has 3 atom stereocenters. The van der Waals surface area contributed by atoms with Gasteiger partial charge < -0.3 is 19.8 Å². The maximum absolute atomic E-state index is 10.1. The number of nitrogens with zero attached hydrogens (tertiary/aromatic N) is 1. The van der Waals surface area contributed by atoms with Crippen LogP contribution in [-0.4, -0.2) is 40.8 Å². The van der Waals surface area contributed by atoms with E-state index in [1.165, 1.54) is 0 Å². The lowest BCUT2D eigenvalue weighted by Gasteiger charge is -2.32. The van der Waals surface area contributed by atoms with E-state index in [2.05, 4.69) is 17.3 Å². The van der Waals surface area contributed by atoms with Crippen molar-refractivity contribution in [2.75, 3.05) is 6.61 Å². The fourth-order valence-electron chi connectivity index (χ4n) is 3.57. The second-order valence-corrected chi connectivity index (χ2v) is 8.52. The van der Waals surface area contributed by atoms with Crippen molar-refractivity contribution in [1.29, 1.82) is 0 Å². The van der Waals surface area contributed by atoms with Crippen molar-refractivity contribution in [3.05, 3.63) is 69.7 Å². The summed E-state index contributed by atoms with van der Waals surface area (Å²) in [6, 6.07) is 14.0. The summed E-state index contributed by atoms with van der Waals surface area (Å²) < 4.78 is 5.94. The first-order valence-corrected chi connectivity index (χ1v) is 10.8. The molecule has 0 amide bonds. The SMILES string of the molecule is C/C(=N\OC(C)C)c1ccc(Cc2cc(C3CC(O)CC(CO)O3)ccc2Cl)cc1. The second kappa shape index (κ2) is 10.4. The quantitative estimate of drug-likeness (QED) is 0.494. The van der Waals surface area contributed by atoms with Crippen LogP contribution in [0.1, 0.15) is 62.0 Å². The Bertz CT molecular complexity index is 866. The van der Waals surface area contributed by atoms with Crippen LogP contribution in [0.25, 0.3) is 0 Å². The molecule has 6 heteroatoms. The second-order valence-electron chi connectivity index (χ2n) is 8.11. The Morgan fingerprint density at radius 1 is 1.20 bits per heavy atom. The van der Waals surface area contributed by atoms with Gasteiger partial charge in [0.15, 0.2) is 0 Å². The van der Waals surface area contributed by atoms with Crippen LogP contribution in [0.4, 0.5) is 0 Å². The number of benzene rings is 2. The molecular weight excluding hydrogens is 402 g/mol. The Labute approximate surface area is 183 Å². The van der Waals surface area contributed by atoms with Crippen LogP contribution in [-0.2, 0) is 16.0 Å². The Kier molecular flexibility index (Phi) is 7.89. The topological polar surface area (TPSA) is 71.3 Å². The van der Waals surface area contributed by atoms with Crippen LogP contribution in [0.5, 0.6) is 0 Å². The Morgan fingerprint density at radius 2 is 1.93 bits per heavy atom. The average molecular weight is 432 g/mol. The molecule has 3 rings (SSSR count). The smallest absolute Gasteiger partial charge is 0.122 e. The van der Waals surface area contributed by atoms with Crippen LogP contribution in [0, 0.1) is 0 Å². The molecule has 2 aromatic carbocycles. The molecule has 1 heterocycles. The molecule has 1 fully saturated rings. The van der Waals surface area contributed by atoms with Gasteiger partial charge in [0, 0.05) is 17.9 Å². The van der Waals surface area contributed by atoms with E-state index in [0.29, 0.717) is 24.3 Å². The summed E-state index contributed by atoms with van der Waals surface area (Å²) in [4.78, 5) is 5.32. The number of hydrogen-bond acceptors (Lipinski definition) is 5. The molecular formula is C24H30ClNO4. The lowest BCUT2D eigenvalue weighted by Crippen LogP contribution is -2.33. The van der Waals surface area contributed by atoms with Gasteiger partial charge in [0.1, 0.15) is 6.10 Å². The monoisotopic (exact) mass is 431 g/mol. The van der Waals surface area contributed by atoms with E-state index >= 15 is 0 Å². The number of oxime groups is 1. The highest BCUT2D eigenvalue weighted by Gasteiger charge is 2.29. The lowest BCUT2D eigenvalue weighted by atomic mass is 9.94. The maximum atomic E-state index is 10.1. The first kappa shape index (κ1) is 22.8. The molecule has 0 spiro atoms. The minimum atomic E-state index is -0.475. The predicted molar refractivity (Wildman–Crippen MR) is 119 cm³/mol. The van der Waals surface area contributed by atoms with Gasteiger partial charge in [-0.1, -0.05) is 53.2 Å². The van der Waals surface area contributed by atoms with Crippen molar-refractivity contribution in [3.63, 3.8) is 0 Å². The summed E-state index contributed by atoms with van der Waals surface area (Å²) in [6.45, 7) is 5.72. The highest BCUT2D eigenvalue weighted by Crippen LogP contribution is 2.33. The number of aliphatic hydroxyl groups is 2. The molecule has 1 aliphatic heterocycles. The molecule has 5 nitrogen and oxygen atoms in total. The molecule has 30 heavy (non-hydrogen) atoms. The van der Waals surface area contributed by atoms with Gasteiger partial charge in [-0.05, 0) is 55.5 Å². The van der Waals surface area contributed by atoms with Crippen LogP contribution >= 0.6 is 11.6 Å². The Morgan fingerprint density at radius 3 is 2.60 bits per heavy atom. The third-order valence-corrected chi connectivity index (χ3v) is 5.56. The molecule has 0 aliphatic carbocycles. The summed E-state index contributed by atoms with van der Waals surface area (Å²) in [6.07, 6.45) is 0.657. The minimum absolute atomic E-state index is 0.0514. The van der Waals surface area contributed by atoms with Crippen molar-refractivity contribution >= 4 is 17.3 Å². The van der Waals surface area contributed by atoms with Crippen molar-refractivity contribution < 1.29 is 19.8 Å². The van der Waals surface area contributed by atoms with Gasteiger partial charge in [-0.2, -0.15) is 0 Å². The van der Waals surface area contributed by atoms with E-state index in [1.54, 1.807) is 0 Å². The molecule has 0 radical (unpaired) electrons. The van der Waals surface area contributed by atoms with Crippen LogP contribution in [0.3, 0.4) is 0 Å². The molecule has 0 saturated carbocycles. The van der Waals surface area contributed by atoms with Gasteiger partial charge in [-0.25, -0.2) is 0 Å². The van der Waals surface area contributed by atoms with Crippen molar-refractivity contribution in [3.8, 4) is 0 Å². The van der Waals surface area contributed by atoms with Gasteiger partial charge in [-0.15, -0.1) is 0 Å². The Hall–Kier alpha value is -1.92. The van der Waals surface area contributed by atoms with E-state index in [0.717, 1.165) is 28.0 Å². The van der Waals surface area contributed by atoms with Crippen molar-refractivity contribution in [1.82, 2.24) is 0 Å². The summed E-state index contributed by atoms with van der Waals surface area (Å²) in [5, 5.41) is 24.4. The molecule has 3 unspecified atom stereocenters. The van der Waals surface area contributed by atoms with Gasteiger partial charge in [0.05, 0.1) is 30.6 Å². The average Bonchev–Trinajstić information content (AvgIpc) is 2.73. The van der Waals surface area contributed by atoms with E-state index in [-0.39, 0.29) is 24.9 Å². The highest BCUT2D eigenvalue weighted by molar-refractivity contribution is 6.31. The zero-order chi connectivity index (χ0) is 21.7. The van der Waals surface area contributed by atoms with Crippen LogP contribution in [0.2, 0.25) is 5.02 Å². The third-order valence-electron chi connectivity index (χ3n) is 5.19. The number of aliphatic hydroxyl groups excluding tert-OH is 2. The summed E-state index contributed by atoms with van der Waals surface area (Å²) in [5.41, 5.74) is 4.95. The predicted octanol–water partition coefficient (Wildman–Crippen LogP) is 4.65. The van der Waals surface area contributed by atoms with E-state index in [4.69, 9.17) is 21.2 Å². The zero-order valence-corrected chi connectivity index (χ0v) is 18.5. The van der Waals surface area contributed by atoms with Gasteiger partial charge >= 0.3 is 0 Å². The molecule has 1 saturated heterocycles. The zero-order valence-electron chi connectivity index (χ0n) is 17.7. The number of hydrogen-bond donors (Lipinski definition) is 2. The third kappa shape index (κ3) is 6.05. The first-order valence-electron chi connectivity index (χ1n) is 10.4. The summed E-state index contributed by atoms with van der Waals surface area (Å²) in [5.74, 6) is 0. The molecule has 162 valence electrons. The minimum Gasteiger partial charge on any atom is -0.394 e. The summed E-state index contributed by atoms with van der Waals surface area (Å²) in [7, 11) is 0. The largest absolute Gasteiger partial charge is 0.394 e. The fraction of sp³-hybridized carbons (Fsp3) is 0.458. The molecule has 0 aromatic heterocycles. The van der Waals surface area contributed by atoms with Crippen LogP contribution in [0.15, 0.2) is 47.6 Å². The molecule has 2 aromatic rings. The number of rotatable bonds is 7. The van der Waals surface area contributed by atoms with Crippen LogP contribution < -0.4 is 0 Å². The van der Waals surface area contributed by atoms with Gasteiger partial charge in [0.25, 0.3) is 0 Å². The molecule has 2 N–H and O–H groups in total. The van der Waals surface area contributed by atoms with E-state index < -0.39 is 6.10 Å². The van der Waals surface area contributed by atoms with Crippen molar-refractivity contribution in [2.45, 2.75) is 64.4 Å². The fourth-order valence-corrected chi connectivity index (χ4v) is 3.76. The first-order chi connectivity index (χ1) is 14.4. The lowest BCUT2D eigenvalue weighted by molar-refractivity contribution is -0.113. The molecule has 0 bridgehead atoms. The van der Waals surface area contributed by atoms with E-state index in [9.17, 15) is 10.2 Å². The van der Waals surface area contributed by atoms with Gasteiger partial charge in [-0.3, -0.25) is 0 Å². The summed E-state index contributed by atoms with van der Waals surface area (Å²) >= 11 is 6.46. The highest BCUT2D eigenvalue weighted by atomic mass is 35.5. The maximum Gasteiger partial charge on any atom is 0.122 e. The standard InChI is InChI=1S/C24H30ClNO4/c1-15(2)30-26-16(3)18-6-4-17(5-7-18)10-20-11-19(8-9-23(20)25)24-13-21(28)12-22(14-27)29-24/h4-9,11,15,21-22,24,27-28H,10,12-14H2,1-3H3/b26-16+. The van der Waals surface area contributed by atoms with Crippen molar-refractivity contribution in [2.24, 2.45) is 5.16 Å². The number of halogens is 1. The number of ether oxygens (including phenoxy) is 1. The normalized spacial score (nSPS) is 22.4. The van der Waals surface area contributed by atoms with E-state index in [1.807, 2.05) is 51.1 Å².